The van der Waals surface area contributed by atoms with E-state index in [1.165, 1.54) is 17.5 Å². The maximum absolute atomic E-state index is 11.8. The number of aryl methyl sites for hydroxylation is 1. The molecular weight excluding hydrogens is 272 g/mol. The molecule has 0 unspecified atom stereocenters. The Morgan fingerprint density at radius 3 is 2.64 bits per heavy atom. The minimum Gasteiger partial charge on any atom is -0.466 e. The molecule has 0 aliphatic rings. The lowest BCUT2D eigenvalue weighted by molar-refractivity contribution is -0.153. The molecule has 1 aromatic carbocycles. The number of benzene rings is 1. The minimum absolute atomic E-state index is 0.0905. The smallest absolute Gasteiger partial charge is 0.311 e. The van der Waals surface area contributed by atoms with Gasteiger partial charge in [-0.1, -0.05) is 49.8 Å². The Balaban J connectivity index is 2.46. The van der Waals surface area contributed by atoms with Crippen molar-refractivity contribution in [2.75, 3.05) is 6.61 Å². The van der Waals surface area contributed by atoms with Crippen molar-refractivity contribution in [2.24, 2.45) is 5.41 Å². The molecule has 22 heavy (non-hydrogen) atoms. The Kier molecular flexibility index (Phi) is 7.94. The Morgan fingerprint density at radius 1 is 1.23 bits per heavy atom. The van der Waals surface area contributed by atoms with Gasteiger partial charge in [-0.2, -0.15) is 0 Å². The highest BCUT2D eigenvalue weighted by molar-refractivity contribution is 5.75. The summed E-state index contributed by atoms with van der Waals surface area (Å²) >= 11 is 0. The van der Waals surface area contributed by atoms with E-state index < -0.39 is 0 Å². The van der Waals surface area contributed by atoms with Crippen molar-refractivity contribution in [3.05, 3.63) is 41.5 Å². The molecule has 0 fully saturated rings. The van der Waals surface area contributed by atoms with Gasteiger partial charge in [0.05, 0.1) is 12.0 Å². The van der Waals surface area contributed by atoms with Crippen LogP contribution in [0.5, 0.6) is 0 Å². The van der Waals surface area contributed by atoms with Gasteiger partial charge < -0.3 is 4.74 Å². The first-order valence-electron chi connectivity index (χ1n) is 8.43. The second kappa shape index (κ2) is 9.45. The molecule has 1 rings (SSSR count). The molecule has 2 heteroatoms. The Morgan fingerprint density at radius 2 is 1.95 bits per heavy atom. The fraction of sp³-hybridized carbons (Fsp3) is 0.550. The molecular formula is C20H30O2. The molecule has 0 amide bonds. The molecule has 0 heterocycles. The molecule has 0 bridgehead atoms. The number of hydrogen-bond donors (Lipinski definition) is 0. The van der Waals surface area contributed by atoms with Crippen molar-refractivity contribution in [1.82, 2.24) is 0 Å². The number of ether oxygens (including phenoxy) is 1. The zero-order valence-corrected chi connectivity index (χ0v) is 14.5. The van der Waals surface area contributed by atoms with Crippen molar-refractivity contribution in [3.63, 3.8) is 0 Å². The molecule has 2 nitrogen and oxygen atoms in total. The maximum Gasteiger partial charge on any atom is 0.311 e. The Hall–Kier alpha value is -1.57. The predicted octanol–water partition coefficient (Wildman–Crippen LogP) is 5.41. The number of unbranched alkanes of at least 4 members (excludes halogenated alkanes) is 1. The summed E-state index contributed by atoms with van der Waals surface area (Å²) in [5, 5.41) is 0. The van der Waals surface area contributed by atoms with Crippen LogP contribution in [0, 0.1) is 5.41 Å². The van der Waals surface area contributed by atoms with E-state index in [-0.39, 0.29) is 11.4 Å². The largest absolute Gasteiger partial charge is 0.466 e. The summed E-state index contributed by atoms with van der Waals surface area (Å²) < 4.78 is 5.12. The van der Waals surface area contributed by atoms with Gasteiger partial charge in [-0.3, -0.25) is 4.79 Å². The number of hydrogen-bond acceptors (Lipinski definition) is 2. The molecule has 0 saturated carbocycles. The molecule has 0 N–H and O–H groups in total. The van der Waals surface area contributed by atoms with E-state index in [1.807, 2.05) is 20.8 Å². The molecule has 0 aliphatic carbocycles. The summed E-state index contributed by atoms with van der Waals surface area (Å²) in [6.45, 7) is 8.44. The van der Waals surface area contributed by atoms with Crippen LogP contribution in [0.2, 0.25) is 0 Å². The summed E-state index contributed by atoms with van der Waals surface area (Å²) in [5.74, 6) is -0.0905. The van der Waals surface area contributed by atoms with Crippen LogP contribution in [-0.2, 0) is 16.0 Å². The number of carbonyl (C=O) groups is 1. The third-order valence-electron chi connectivity index (χ3n) is 3.87. The van der Waals surface area contributed by atoms with E-state index in [0.717, 1.165) is 25.7 Å². The number of rotatable bonds is 9. The topological polar surface area (TPSA) is 26.3 Å². The highest BCUT2D eigenvalue weighted by Gasteiger charge is 2.28. The van der Waals surface area contributed by atoms with Crippen LogP contribution in [0.1, 0.15) is 64.5 Å². The second-order valence-corrected chi connectivity index (χ2v) is 6.35. The first-order valence-corrected chi connectivity index (χ1v) is 8.43. The maximum atomic E-state index is 11.8. The monoisotopic (exact) mass is 302 g/mol. The minimum atomic E-state index is -0.385. The Bertz CT molecular complexity index is 486. The van der Waals surface area contributed by atoms with Crippen LogP contribution >= 0.6 is 0 Å². The van der Waals surface area contributed by atoms with Crippen LogP contribution in [0.3, 0.4) is 0 Å². The Labute approximate surface area is 135 Å². The number of carbonyl (C=O) groups excluding carboxylic acids is 1. The lowest BCUT2D eigenvalue weighted by Gasteiger charge is -2.21. The molecule has 0 aromatic heterocycles. The van der Waals surface area contributed by atoms with Gasteiger partial charge >= 0.3 is 5.97 Å². The van der Waals surface area contributed by atoms with E-state index in [2.05, 4.69) is 43.3 Å². The molecule has 122 valence electrons. The van der Waals surface area contributed by atoms with Gasteiger partial charge in [0, 0.05) is 0 Å². The summed E-state index contributed by atoms with van der Waals surface area (Å²) in [5.41, 5.74) is 2.34. The van der Waals surface area contributed by atoms with Crippen molar-refractivity contribution >= 4 is 12.0 Å². The summed E-state index contributed by atoms with van der Waals surface area (Å²) in [6.07, 6.45) is 9.56. The fourth-order valence-electron chi connectivity index (χ4n) is 2.49. The zero-order valence-electron chi connectivity index (χ0n) is 14.5. The van der Waals surface area contributed by atoms with Gasteiger partial charge in [-0.25, -0.2) is 0 Å². The highest BCUT2D eigenvalue weighted by Crippen LogP contribution is 2.25. The molecule has 0 spiro atoms. The van der Waals surface area contributed by atoms with E-state index in [0.29, 0.717) is 6.61 Å². The quantitative estimate of drug-likeness (QED) is 0.450. The average Bonchev–Trinajstić information content (AvgIpc) is 2.49. The van der Waals surface area contributed by atoms with Gasteiger partial charge in [0.25, 0.3) is 0 Å². The van der Waals surface area contributed by atoms with E-state index in [1.54, 1.807) is 0 Å². The van der Waals surface area contributed by atoms with Gasteiger partial charge in [0.2, 0.25) is 0 Å². The zero-order chi connectivity index (χ0) is 16.4. The van der Waals surface area contributed by atoms with Gasteiger partial charge in [-0.05, 0) is 57.6 Å². The van der Waals surface area contributed by atoms with Gasteiger partial charge in [0.15, 0.2) is 0 Å². The second-order valence-electron chi connectivity index (χ2n) is 6.35. The van der Waals surface area contributed by atoms with Crippen molar-refractivity contribution in [2.45, 2.75) is 59.8 Å². The number of allylic oxidation sites excluding steroid dienone is 1. The van der Waals surface area contributed by atoms with Crippen molar-refractivity contribution in [3.8, 4) is 0 Å². The third-order valence-corrected chi connectivity index (χ3v) is 3.87. The standard InChI is InChI=1S/C20H30O2/c1-5-12-17-14-9-10-15-18(17)13-8-7-11-16-20(3,4)19(21)22-6-2/h8-10,13-15H,5-7,11-12,16H2,1-4H3. The predicted molar refractivity (Wildman–Crippen MR) is 93.7 cm³/mol. The van der Waals surface area contributed by atoms with Crippen molar-refractivity contribution < 1.29 is 9.53 Å². The lowest BCUT2D eigenvalue weighted by atomic mass is 9.87. The summed E-state index contributed by atoms with van der Waals surface area (Å²) in [6, 6.07) is 8.56. The SMILES string of the molecule is CCCc1ccccc1C=CCCCC(C)(C)C(=O)OCC. The summed E-state index contributed by atoms with van der Waals surface area (Å²) in [4.78, 5) is 11.8. The van der Waals surface area contributed by atoms with Gasteiger partial charge in [-0.15, -0.1) is 0 Å². The first kappa shape index (κ1) is 18.5. The lowest BCUT2D eigenvalue weighted by Crippen LogP contribution is -2.26. The number of esters is 1. The van der Waals surface area contributed by atoms with E-state index in [9.17, 15) is 4.79 Å². The molecule has 1 aromatic rings. The van der Waals surface area contributed by atoms with Crippen LogP contribution < -0.4 is 0 Å². The van der Waals surface area contributed by atoms with E-state index >= 15 is 0 Å². The van der Waals surface area contributed by atoms with Crippen LogP contribution in [0.15, 0.2) is 30.3 Å². The van der Waals surface area contributed by atoms with Crippen molar-refractivity contribution in [1.29, 1.82) is 0 Å². The fourth-order valence-corrected chi connectivity index (χ4v) is 2.49. The van der Waals surface area contributed by atoms with E-state index in [4.69, 9.17) is 4.74 Å². The summed E-state index contributed by atoms with van der Waals surface area (Å²) in [7, 11) is 0. The molecule has 0 radical (unpaired) electrons. The third kappa shape index (κ3) is 6.05. The molecule has 0 aliphatic heterocycles. The normalized spacial score (nSPS) is 11.8. The molecule has 0 saturated heterocycles. The average molecular weight is 302 g/mol. The first-order chi connectivity index (χ1) is 10.5. The van der Waals surface area contributed by atoms with Crippen LogP contribution in [-0.4, -0.2) is 12.6 Å². The highest BCUT2D eigenvalue weighted by atomic mass is 16.5. The van der Waals surface area contributed by atoms with Crippen LogP contribution in [0.25, 0.3) is 6.08 Å². The van der Waals surface area contributed by atoms with Crippen LogP contribution in [0.4, 0.5) is 0 Å². The molecule has 0 atom stereocenters. The van der Waals surface area contributed by atoms with Gasteiger partial charge in [0.1, 0.15) is 0 Å².